The highest BCUT2D eigenvalue weighted by molar-refractivity contribution is 7.99. The van der Waals surface area contributed by atoms with Crippen LogP contribution in [0.4, 0.5) is 0 Å². The van der Waals surface area contributed by atoms with Gasteiger partial charge in [0, 0.05) is 11.3 Å². The summed E-state index contributed by atoms with van der Waals surface area (Å²) < 4.78 is 31.8. The molecule has 0 radical (unpaired) electrons. The van der Waals surface area contributed by atoms with Crippen LogP contribution in [0.5, 0.6) is 0 Å². The van der Waals surface area contributed by atoms with E-state index < -0.39 is 41.8 Å². The van der Waals surface area contributed by atoms with Crippen molar-refractivity contribution >= 4 is 29.5 Å². The van der Waals surface area contributed by atoms with E-state index in [1.54, 1.807) is 24.3 Å². The molecular weight excluding hydrogens is 628 g/mol. The van der Waals surface area contributed by atoms with Crippen molar-refractivity contribution in [2.45, 2.75) is 74.7 Å². The molecule has 48 heavy (non-hydrogen) atoms. The molecule has 1 saturated heterocycles. The Bertz CT molecular complexity index is 1600. The van der Waals surface area contributed by atoms with Crippen molar-refractivity contribution in [2.75, 3.05) is 6.61 Å². The molecule has 5 atom stereocenters. The summed E-state index contributed by atoms with van der Waals surface area (Å²) in [4.78, 5) is 38.7. The lowest BCUT2D eigenvalue weighted by atomic mass is 9.98. The smallest absolute Gasteiger partial charge is 0.338 e. The number of carbonyl (C=O) groups is 3. The average molecular weight is 669 g/mol. The molecule has 0 aliphatic carbocycles. The van der Waals surface area contributed by atoms with Crippen molar-refractivity contribution in [1.82, 2.24) is 0 Å². The lowest BCUT2D eigenvalue weighted by Crippen LogP contribution is -2.60. The predicted molar refractivity (Wildman–Crippen MR) is 182 cm³/mol. The van der Waals surface area contributed by atoms with Crippen LogP contribution in [0.1, 0.15) is 46.8 Å². The van der Waals surface area contributed by atoms with Gasteiger partial charge in [-0.3, -0.25) is 4.79 Å². The van der Waals surface area contributed by atoms with Gasteiger partial charge in [-0.1, -0.05) is 108 Å². The summed E-state index contributed by atoms with van der Waals surface area (Å²) in [6.45, 7) is 3.72. The molecule has 1 aliphatic heterocycles. The van der Waals surface area contributed by atoms with Gasteiger partial charge < -0.3 is 28.5 Å². The fraction of sp³-hybridized carbons (Fsp3) is 0.308. The zero-order valence-corrected chi connectivity index (χ0v) is 27.9. The minimum atomic E-state index is -0.918. The summed E-state index contributed by atoms with van der Waals surface area (Å²) in [6, 6.07) is 36.1. The van der Waals surface area contributed by atoms with E-state index in [1.165, 1.54) is 18.7 Å². The lowest BCUT2D eigenvalue weighted by Gasteiger charge is -2.45. The third-order valence-electron chi connectivity index (χ3n) is 7.78. The van der Waals surface area contributed by atoms with E-state index in [9.17, 15) is 14.4 Å². The summed E-state index contributed by atoms with van der Waals surface area (Å²) in [5.41, 5.74) is 2.59. The van der Waals surface area contributed by atoms with Crippen LogP contribution in [0.3, 0.4) is 0 Å². The van der Waals surface area contributed by atoms with Crippen LogP contribution in [0, 0.1) is 6.92 Å². The SMILES string of the molecule is CC(=O)CCC(=O)OC[C@H]1O[C@@H](Sc2ccc(C)cc2)[C@H](OC(=O)c2ccccc2)[C@@H](OCc2ccccc2)[C@@H]1OCc1ccccc1. The molecule has 5 rings (SSSR count). The number of esters is 2. The van der Waals surface area contributed by atoms with Crippen molar-refractivity contribution in [2.24, 2.45) is 0 Å². The largest absolute Gasteiger partial charge is 0.463 e. The molecule has 0 aromatic heterocycles. The number of rotatable bonds is 15. The Morgan fingerprint density at radius 3 is 1.83 bits per heavy atom. The second-order valence-electron chi connectivity index (χ2n) is 11.6. The van der Waals surface area contributed by atoms with Gasteiger partial charge in [0.1, 0.15) is 36.1 Å². The molecule has 4 aromatic carbocycles. The van der Waals surface area contributed by atoms with Crippen molar-refractivity contribution in [1.29, 1.82) is 0 Å². The van der Waals surface area contributed by atoms with Gasteiger partial charge in [-0.05, 0) is 49.2 Å². The number of aryl methyl sites for hydroxylation is 1. The number of benzene rings is 4. The number of ether oxygens (including phenoxy) is 5. The first-order valence-electron chi connectivity index (χ1n) is 16.0. The van der Waals surface area contributed by atoms with Gasteiger partial charge in [0.2, 0.25) is 0 Å². The zero-order valence-electron chi connectivity index (χ0n) is 27.1. The van der Waals surface area contributed by atoms with Gasteiger partial charge in [0.05, 0.1) is 25.2 Å². The monoisotopic (exact) mass is 668 g/mol. The molecule has 9 heteroatoms. The topological polar surface area (TPSA) is 97.4 Å². The van der Waals surface area contributed by atoms with Crippen molar-refractivity contribution in [3.8, 4) is 0 Å². The molecule has 0 N–H and O–H groups in total. The van der Waals surface area contributed by atoms with E-state index in [2.05, 4.69) is 0 Å². The van der Waals surface area contributed by atoms with E-state index in [1.807, 2.05) is 97.9 Å². The quantitative estimate of drug-likeness (QED) is 0.123. The summed E-state index contributed by atoms with van der Waals surface area (Å²) in [5.74, 6) is -1.14. The van der Waals surface area contributed by atoms with Crippen molar-refractivity contribution in [3.63, 3.8) is 0 Å². The molecule has 0 bridgehead atoms. The van der Waals surface area contributed by atoms with E-state index in [-0.39, 0.29) is 38.4 Å². The molecule has 1 heterocycles. The molecule has 8 nitrogen and oxygen atoms in total. The number of hydrogen-bond acceptors (Lipinski definition) is 9. The van der Waals surface area contributed by atoms with Crippen LogP contribution in [0.25, 0.3) is 0 Å². The lowest BCUT2D eigenvalue weighted by molar-refractivity contribution is -0.241. The second kappa shape index (κ2) is 17.8. The Balaban J connectivity index is 1.50. The maximum Gasteiger partial charge on any atom is 0.338 e. The van der Waals surface area contributed by atoms with Gasteiger partial charge >= 0.3 is 11.9 Å². The molecular formula is C39H40O8S. The van der Waals surface area contributed by atoms with Crippen LogP contribution in [-0.2, 0) is 46.5 Å². The molecule has 4 aromatic rings. The van der Waals surface area contributed by atoms with Gasteiger partial charge in [-0.25, -0.2) is 4.79 Å². The molecule has 0 spiro atoms. The molecule has 250 valence electrons. The minimum Gasteiger partial charge on any atom is -0.463 e. The van der Waals surface area contributed by atoms with E-state index in [0.717, 1.165) is 21.6 Å². The van der Waals surface area contributed by atoms with Gasteiger partial charge in [-0.2, -0.15) is 0 Å². The Labute approximate surface area is 285 Å². The number of thioether (sulfide) groups is 1. The van der Waals surface area contributed by atoms with Crippen LogP contribution in [-0.4, -0.2) is 54.2 Å². The van der Waals surface area contributed by atoms with Gasteiger partial charge in [0.25, 0.3) is 0 Å². The van der Waals surface area contributed by atoms with Crippen LogP contribution >= 0.6 is 11.8 Å². The third kappa shape index (κ3) is 10.4. The number of carbonyl (C=O) groups excluding carboxylic acids is 3. The Hall–Kier alpha value is -4.28. The molecule has 0 unspecified atom stereocenters. The fourth-order valence-corrected chi connectivity index (χ4v) is 6.30. The second-order valence-corrected chi connectivity index (χ2v) is 12.8. The van der Waals surface area contributed by atoms with Crippen LogP contribution in [0.15, 0.2) is 120 Å². The van der Waals surface area contributed by atoms with Crippen molar-refractivity contribution < 1.29 is 38.1 Å². The fourth-order valence-electron chi connectivity index (χ4n) is 5.20. The molecule has 0 amide bonds. The maximum atomic E-state index is 13.6. The minimum absolute atomic E-state index is 0.0373. The first-order chi connectivity index (χ1) is 23.4. The van der Waals surface area contributed by atoms with Crippen LogP contribution in [0.2, 0.25) is 0 Å². The average Bonchev–Trinajstić information content (AvgIpc) is 3.11. The summed E-state index contributed by atoms with van der Waals surface area (Å²) in [7, 11) is 0. The highest BCUT2D eigenvalue weighted by atomic mass is 32.2. The summed E-state index contributed by atoms with van der Waals surface area (Å²) in [6.07, 6.45) is -3.28. The van der Waals surface area contributed by atoms with Gasteiger partial charge in [0.15, 0.2) is 6.10 Å². The summed E-state index contributed by atoms with van der Waals surface area (Å²) >= 11 is 1.39. The van der Waals surface area contributed by atoms with E-state index in [4.69, 9.17) is 23.7 Å². The maximum absolute atomic E-state index is 13.6. The molecule has 1 aliphatic rings. The first-order valence-corrected chi connectivity index (χ1v) is 16.8. The highest BCUT2D eigenvalue weighted by Gasteiger charge is 2.50. The van der Waals surface area contributed by atoms with Gasteiger partial charge in [-0.15, -0.1) is 0 Å². The molecule has 0 saturated carbocycles. The Morgan fingerprint density at radius 1 is 0.688 bits per heavy atom. The normalized spacial score (nSPS) is 20.5. The van der Waals surface area contributed by atoms with E-state index >= 15 is 0 Å². The Kier molecular flexibility index (Phi) is 13.0. The highest BCUT2D eigenvalue weighted by Crippen LogP contribution is 2.38. The Morgan fingerprint density at radius 2 is 1.25 bits per heavy atom. The summed E-state index contributed by atoms with van der Waals surface area (Å²) in [5, 5.41) is 0. The third-order valence-corrected chi connectivity index (χ3v) is 8.93. The number of Topliss-reactive ketones (excluding diaryl/α,β-unsaturated/α-hetero) is 1. The zero-order chi connectivity index (χ0) is 33.7. The predicted octanol–water partition coefficient (Wildman–Crippen LogP) is 7.12. The standard InChI is InChI=1S/C39H40O8S/c1-27-18-21-32(22-19-27)48-39-37(47-38(42)31-16-10-5-11-17-31)36(45-25-30-14-8-4-9-15-30)35(44-24-29-12-6-3-7-13-29)33(46-39)26-43-34(41)23-20-28(2)40/h3-19,21-22,33,35-37,39H,20,23-26H2,1-2H3/t33-,35-,36+,37-,39+/m1/s1. The van der Waals surface area contributed by atoms with Crippen molar-refractivity contribution in [3.05, 3.63) is 138 Å². The van der Waals surface area contributed by atoms with Crippen LogP contribution < -0.4 is 0 Å². The number of hydrogen-bond donors (Lipinski definition) is 0. The van der Waals surface area contributed by atoms with E-state index in [0.29, 0.717) is 5.56 Å². The molecule has 1 fully saturated rings. The first kappa shape index (κ1) is 35.0. The number of ketones is 1.